The molecule has 120 valence electrons. The number of para-hydroxylation sites is 1. The molecule has 0 fully saturated rings. The molecule has 2 aromatic carbocycles. The fraction of sp³-hybridized carbons (Fsp3) is 0.0667. The molecular formula is C15H9Cl4NO3. The van der Waals surface area contributed by atoms with Crippen LogP contribution in [0, 0.1) is 0 Å². The lowest BCUT2D eigenvalue weighted by Gasteiger charge is -2.10. The van der Waals surface area contributed by atoms with E-state index in [1.54, 1.807) is 24.3 Å². The molecule has 0 unspecified atom stereocenters. The lowest BCUT2D eigenvalue weighted by atomic mass is 10.2. The van der Waals surface area contributed by atoms with Crippen LogP contribution in [0.15, 0.2) is 36.4 Å². The van der Waals surface area contributed by atoms with Crippen molar-refractivity contribution in [3.8, 4) is 0 Å². The van der Waals surface area contributed by atoms with Gasteiger partial charge in [0, 0.05) is 0 Å². The maximum atomic E-state index is 11.9. The summed E-state index contributed by atoms with van der Waals surface area (Å²) in [5.41, 5.74) is 0.320. The van der Waals surface area contributed by atoms with Gasteiger partial charge in [0.25, 0.3) is 5.91 Å². The quantitative estimate of drug-likeness (QED) is 0.736. The van der Waals surface area contributed by atoms with Gasteiger partial charge in [-0.3, -0.25) is 4.79 Å². The van der Waals surface area contributed by atoms with Gasteiger partial charge in [-0.1, -0.05) is 58.5 Å². The summed E-state index contributed by atoms with van der Waals surface area (Å²) in [6.07, 6.45) is 0. The molecule has 0 atom stereocenters. The third kappa shape index (κ3) is 4.52. The number of nitrogens with one attached hydrogen (secondary N) is 1. The van der Waals surface area contributed by atoms with E-state index in [0.717, 1.165) is 0 Å². The molecule has 2 aromatic rings. The van der Waals surface area contributed by atoms with Crippen LogP contribution in [-0.4, -0.2) is 18.5 Å². The van der Waals surface area contributed by atoms with Crippen molar-refractivity contribution in [1.29, 1.82) is 0 Å². The molecule has 0 saturated carbocycles. The normalized spacial score (nSPS) is 10.3. The summed E-state index contributed by atoms with van der Waals surface area (Å²) in [5, 5.41) is 3.30. The summed E-state index contributed by atoms with van der Waals surface area (Å²) < 4.78 is 4.90. The Morgan fingerprint density at radius 2 is 1.48 bits per heavy atom. The van der Waals surface area contributed by atoms with Gasteiger partial charge in [-0.05, 0) is 24.3 Å². The van der Waals surface area contributed by atoms with E-state index in [-0.39, 0.29) is 31.3 Å². The largest absolute Gasteiger partial charge is 0.452 e. The Hall–Kier alpha value is -1.46. The Balaban J connectivity index is 1.99. The van der Waals surface area contributed by atoms with E-state index < -0.39 is 18.5 Å². The van der Waals surface area contributed by atoms with Crippen molar-refractivity contribution in [3.05, 3.63) is 62.1 Å². The first kappa shape index (κ1) is 17.9. The van der Waals surface area contributed by atoms with Gasteiger partial charge >= 0.3 is 5.97 Å². The second kappa shape index (κ2) is 7.88. The summed E-state index contributed by atoms with van der Waals surface area (Å²) in [6, 6.07) is 9.31. The zero-order valence-electron chi connectivity index (χ0n) is 11.4. The second-order valence-electron chi connectivity index (χ2n) is 4.32. The third-order valence-corrected chi connectivity index (χ3v) is 4.18. The molecule has 4 nitrogen and oxygen atoms in total. The van der Waals surface area contributed by atoms with E-state index in [4.69, 9.17) is 51.1 Å². The second-order valence-corrected chi connectivity index (χ2v) is 5.92. The van der Waals surface area contributed by atoms with Gasteiger partial charge in [-0.2, -0.15) is 0 Å². The number of hydrogen-bond acceptors (Lipinski definition) is 3. The number of carbonyl (C=O) groups is 2. The molecule has 0 aliphatic heterocycles. The van der Waals surface area contributed by atoms with Gasteiger partial charge in [-0.15, -0.1) is 0 Å². The molecule has 0 radical (unpaired) electrons. The van der Waals surface area contributed by atoms with Crippen molar-refractivity contribution in [2.75, 3.05) is 11.9 Å². The van der Waals surface area contributed by atoms with Crippen molar-refractivity contribution >= 4 is 64.0 Å². The minimum atomic E-state index is -0.766. The highest BCUT2D eigenvalue weighted by Crippen LogP contribution is 2.30. The predicted molar refractivity (Wildman–Crippen MR) is 91.8 cm³/mol. The first-order chi connectivity index (χ1) is 10.9. The first-order valence-corrected chi connectivity index (χ1v) is 7.76. The molecule has 0 aliphatic rings. The Morgan fingerprint density at radius 1 is 0.913 bits per heavy atom. The molecule has 0 aromatic heterocycles. The zero-order chi connectivity index (χ0) is 17.0. The average Bonchev–Trinajstić information content (AvgIpc) is 2.51. The number of amides is 1. The zero-order valence-corrected chi connectivity index (χ0v) is 14.4. The number of halogens is 4. The summed E-state index contributed by atoms with van der Waals surface area (Å²) >= 11 is 23.6. The van der Waals surface area contributed by atoms with Crippen molar-refractivity contribution in [2.24, 2.45) is 0 Å². The van der Waals surface area contributed by atoms with Gasteiger partial charge in [-0.25, -0.2) is 4.79 Å². The van der Waals surface area contributed by atoms with Gasteiger partial charge in [0.2, 0.25) is 0 Å². The molecule has 0 heterocycles. The highest BCUT2D eigenvalue weighted by molar-refractivity contribution is 6.43. The molecule has 0 aliphatic carbocycles. The fourth-order valence-electron chi connectivity index (χ4n) is 1.66. The maximum Gasteiger partial charge on any atom is 0.340 e. The Bertz CT molecular complexity index is 744. The van der Waals surface area contributed by atoms with E-state index >= 15 is 0 Å². The monoisotopic (exact) mass is 391 g/mol. The fourth-order valence-corrected chi connectivity index (χ4v) is 2.53. The van der Waals surface area contributed by atoms with E-state index in [1.165, 1.54) is 12.1 Å². The summed E-state index contributed by atoms with van der Waals surface area (Å²) in [5.74, 6) is -1.36. The van der Waals surface area contributed by atoms with Crippen molar-refractivity contribution in [3.63, 3.8) is 0 Å². The number of benzene rings is 2. The summed E-state index contributed by atoms with van der Waals surface area (Å²) in [6.45, 7) is -0.525. The summed E-state index contributed by atoms with van der Waals surface area (Å²) in [4.78, 5) is 23.8. The highest BCUT2D eigenvalue weighted by atomic mass is 35.5. The lowest BCUT2D eigenvalue weighted by molar-refractivity contribution is -0.119. The third-order valence-electron chi connectivity index (χ3n) is 2.73. The molecule has 0 saturated heterocycles. The van der Waals surface area contributed by atoms with E-state index in [2.05, 4.69) is 5.32 Å². The van der Waals surface area contributed by atoms with Crippen molar-refractivity contribution in [2.45, 2.75) is 0 Å². The molecule has 1 N–H and O–H groups in total. The number of carbonyl (C=O) groups excluding carboxylic acids is 2. The smallest absolute Gasteiger partial charge is 0.340 e. The van der Waals surface area contributed by atoms with E-state index in [0.29, 0.717) is 0 Å². The van der Waals surface area contributed by atoms with E-state index in [9.17, 15) is 9.59 Å². The number of ether oxygens (including phenoxy) is 1. The van der Waals surface area contributed by atoms with Gasteiger partial charge in [0.15, 0.2) is 6.61 Å². The van der Waals surface area contributed by atoms with Crippen molar-refractivity contribution in [1.82, 2.24) is 0 Å². The summed E-state index contributed by atoms with van der Waals surface area (Å²) in [7, 11) is 0. The van der Waals surface area contributed by atoms with Crippen LogP contribution >= 0.6 is 46.4 Å². The first-order valence-electron chi connectivity index (χ1n) is 6.25. The molecule has 1 amide bonds. The van der Waals surface area contributed by atoms with Gasteiger partial charge in [0.1, 0.15) is 0 Å². The molecule has 0 bridgehead atoms. The minimum absolute atomic E-state index is 0.0636. The van der Waals surface area contributed by atoms with Crippen LogP contribution < -0.4 is 5.32 Å². The van der Waals surface area contributed by atoms with Crippen LogP contribution in [0.1, 0.15) is 10.4 Å². The SMILES string of the molecule is O=C(COC(=O)c1cccc(Cl)c1Cl)Nc1c(Cl)cccc1Cl. The molecule has 2 rings (SSSR count). The lowest BCUT2D eigenvalue weighted by Crippen LogP contribution is -2.21. The van der Waals surface area contributed by atoms with Crippen LogP contribution in [0.25, 0.3) is 0 Å². The molecule has 23 heavy (non-hydrogen) atoms. The maximum absolute atomic E-state index is 11.9. The molecule has 0 spiro atoms. The predicted octanol–water partition coefficient (Wildman–Crippen LogP) is 5.10. The van der Waals surface area contributed by atoms with Crippen LogP contribution in [0.5, 0.6) is 0 Å². The molecule has 8 heteroatoms. The van der Waals surface area contributed by atoms with Crippen LogP contribution in [0.2, 0.25) is 20.1 Å². The highest BCUT2D eigenvalue weighted by Gasteiger charge is 2.16. The standard InChI is InChI=1S/C15H9Cl4NO3/c16-9-4-1-3-8(13(9)19)15(22)23-7-12(21)20-14-10(17)5-2-6-11(14)18/h1-6H,7H2,(H,20,21). The van der Waals surface area contributed by atoms with Crippen molar-refractivity contribution < 1.29 is 14.3 Å². The Labute approximate surface area is 152 Å². The Kier molecular flexibility index (Phi) is 6.13. The topological polar surface area (TPSA) is 55.4 Å². The number of anilines is 1. The van der Waals surface area contributed by atoms with Gasteiger partial charge < -0.3 is 10.1 Å². The number of hydrogen-bond donors (Lipinski definition) is 1. The van der Waals surface area contributed by atoms with Crippen LogP contribution in [0.3, 0.4) is 0 Å². The minimum Gasteiger partial charge on any atom is -0.452 e. The number of rotatable bonds is 4. The van der Waals surface area contributed by atoms with Crippen LogP contribution in [0.4, 0.5) is 5.69 Å². The van der Waals surface area contributed by atoms with E-state index in [1.807, 2.05) is 0 Å². The average molecular weight is 393 g/mol. The Morgan fingerprint density at radius 3 is 2.13 bits per heavy atom. The van der Waals surface area contributed by atoms with Crippen LogP contribution in [-0.2, 0) is 9.53 Å². The van der Waals surface area contributed by atoms with Gasteiger partial charge in [0.05, 0.1) is 31.3 Å². The number of esters is 1. The molecular weight excluding hydrogens is 384 g/mol.